The van der Waals surface area contributed by atoms with Crippen LogP contribution in [0.4, 0.5) is 11.5 Å². The summed E-state index contributed by atoms with van der Waals surface area (Å²) < 4.78 is 19.1. The summed E-state index contributed by atoms with van der Waals surface area (Å²) in [6.45, 7) is 3.31. The third-order valence-corrected chi connectivity index (χ3v) is 5.80. The van der Waals surface area contributed by atoms with Gasteiger partial charge in [-0.25, -0.2) is 9.97 Å². The average Bonchev–Trinajstić information content (AvgIpc) is 3.29. The van der Waals surface area contributed by atoms with Crippen molar-refractivity contribution in [3.8, 4) is 28.5 Å². The van der Waals surface area contributed by atoms with Gasteiger partial charge in [0.1, 0.15) is 5.75 Å². The highest BCUT2D eigenvalue weighted by atomic mass is 16.5. The number of hydrogen-bond donors (Lipinski definition) is 1. The van der Waals surface area contributed by atoms with Gasteiger partial charge in [0.2, 0.25) is 0 Å². The van der Waals surface area contributed by atoms with Gasteiger partial charge in [-0.05, 0) is 68.5 Å². The molecular weight excluding hydrogens is 416 g/mol. The third kappa shape index (κ3) is 4.44. The fourth-order valence-electron chi connectivity index (χ4n) is 4.16. The van der Waals surface area contributed by atoms with Crippen molar-refractivity contribution in [2.24, 2.45) is 0 Å². The van der Waals surface area contributed by atoms with E-state index in [1.807, 2.05) is 41.9 Å². The number of ether oxygens (including phenoxy) is 3. The molecule has 2 aromatic carbocycles. The summed E-state index contributed by atoms with van der Waals surface area (Å²) in [6.07, 6.45) is 10.2. The molecule has 1 aliphatic rings. The highest BCUT2D eigenvalue weighted by molar-refractivity contribution is 5.75. The van der Waals surface area contributed by atoms with Gasteiger partial charge in [0, 0.05) is 35.9 Å². The SMILES string of the molecule is CCOc1ccc(Nc2nc(-c3ccc4c(c3)CCCCCO4)cn3ccnc23)cc1OC. The number of rotatable bonds is 6. The maximum Gasteiger partial charge on any atom is 0.180 e. The molecule has 0 unspecified atom stereocenters. The molecule has 0 bridgehead atoms. The van der Waals surface area contributed by atoms with Crippen LogP contribution >= 0.6 is 0 Å². The van der Waals surface area contributed by atoms with Gasteiger partial charge >= 0.3 is 0 Å². The molecule has 0 radical (unpaired) electrons. The monoisotopic (exact) mass is 444 g/mol. The zero-order chi connectivity index (χ0) is 22.6. The summed E-state index contributed by atoms with van der Waals surface area (Å²) in [7, 11) is 1.64. The van der Waals surface area contributed by atoms with Gasteiger partial charge in [-0.2, -0.15) is 0 Å². The first kappa shape index (κ1) is 21.1. The lowest BCUT2D eigenvalue weighted by Gasteiger charge is -2.17. The summed E-state index contributed by atoms with van der Waals surface area (Å²) in [4.78, 5) is 9.43. The summed E-state index contributed by atoms with van der Waals surface area (Å²) in [5.41, 5.74) is 4.76. The number of nitrogens with one attached hydrogen (secondary N) is 1. The topological polar surface area (TPSA) is 69.9 Å². The normalized spacial score (nSPS) is 13.5. The van der Waals surface area contributed by atoms with Crippen LogP contribution in [0.25, 0.3) is 16.9 Å². The zero-order valence-corrected chi connectivity index (χ0v) is 19.0. The van der Waals surface area contributed by atoms with Crippen LogP contribution in [0.2, 0.25) is 0 Å². The predicted octanol–water partition coefficient (Wildman–Crippen LogP) is 5.65. The molecule has 0 fully saturated rings. The lowest BCUT2D eigenvalue weighted by molar-refractivity contribution is 0.294. The summed E-state index contributed by atoms with van der Waals surface area (Å²) in [5, 5.41) is 3.41. The molecule has 7 nitrogen and oxygen atoms in total. The van der Waals surface area contributed by atoms with E-state index >= 15 is 0 Å². The summed E-state index contributed by atoms with van der Waals surface area (Å²) >= 11 is 0. The molecule has 0 aliphatic carbocycles. The van der Waals surface area contributed by atoms with Crippen LogP contribution in [0.1, 0.15) is 31.7 Å². The fraction of sp³-hybridized carbons (Fsp3) is 0.308. The molecule has 0 saturated heterocycles. The van der Waals surface area contributed by atoms with Gasteiger partial charge in [0.15, 0.2) is 23.0 Å². The molecule has 33 heavy (non-hydrogen) atoms. The Hall–Kier alpha value is -3.74. The largest absolute Gasteiger partial charge is 0.493 e. The fourth-order valence-corrected chi connectivity index (χ4v) is 4.16. The van der Waals surface area contributed by atoms with E-state index < -0.39 is 0 Å². The summed E-state index contributed by atoms with van der Waals surface area (Å²) in [6, 6.07) is 12.1. The van der Waals surface area contributed by atoms with E-state index in [1.54, 1.807) is 13.3 Å². The third-order valence-electron chi connectivity index (χ3n) is 5.80. The Morgan fingerprint density at radius 3 is 2.91 bits per heavy atom. The van der Waals surface area contributed by atoms with Gasteiger partial charge in [-0.3, -0.25) is 0 Å². The van der Waals surface area contributed by atoms with Crippen molar-refractivity contribution in [2.75, 3.05) is 25.6 Å². The van der Waals surface area contributed by atoms with Gasteiger partial charge in [0.25, 0.3) is 0 Å². The molecule has 0 saturated carbocycles. The molecule has 3 heterocycles. The van der Waals surface area contributed by atoms with Gasteiger partial charge < -0.3 is 23.9 Å². The Labute approximate surface area is 193 Å². The lowest BCUT2D eigenvalue weighted by Crippen LogP contribution is -2.05. The quantitative estimate of drug-likeness (QED) is 0.414. The van der Waals surface area contributed by atoms with Gasteiger partial charge in [0.05, 0.1) is 26.0 Å². The van der Waals surface area contributed by atoms with Crippen molar-refractivity contribution >= 4 is 17.2 Å². The molecule has 1 N–H and O–H groups in total. The number of methoxy groups -OCH3 is 1. The van der Waals surface area contributed by atoms with Gasteiger partial charge in [-0.1, -0.05) is 0 Å². The molecule has 170 valence electrons. The maximum absolute atomic E-state index is 5.96. The highest BCUT2D eigenvalue weighted by Crippen LogP contribution is 2.33. The number of anilines is 2. The number of benzene rings is 2. The lowest BCUT2D eigenvalue weighted by atomic mass is 10.0. The number of nitrogens with zero attached hydrogens (tertiary/aromatic N) is 3. The van der Waals surface area contributed by atoms with Crippen LogP contribution in [-0.2, 0) is 6.42 Å². The van der Waals surface area contributed by atoms with Crippen LogP contribution in [0, 0.1) is 0 Å². The average molecular weight is 445 g/mol. The van der Waals surface area contributed by atoms with Crippen LogP contribution in [0.5, 0.6) is 17.2 Å². The van der Waals surface area contributed by atoms with Crippen LogP contribution in [0.3, 0.4) is 0 Å². The standard InChI is InChI=1S/C26H28N4O3/c1-3-32-23-11-9-20(16-24(23)31-2)28-25-26-27-12-13-30(26)17-21(29-25)18-8-10-22-19(15-18)7-5-4-6-14-33-22/h8-13,15-17H,3-7,14H2,1-2H3,(H,28,29). The van der Waals surface area contributed by atoms with E-state index in [2.05, 4.69) is 28.5 Å². The number of aromatic nitrogens is 3. The van der Waals surface area contributed by atoms with E-state index in [0.29, 0.717) is 23.9 Å². The smallest absolute Gasteiger partial charge is 0.180 e. The van der Waals surface area contributed by atoms with Crippen molar-refractivity contribution < 1.29 is 14.2 Å². The van der Waals surface area contributed by atoms with Gasteiger partial charge in [-0.15, -0.1) is 0 Å². The Morgan fingerprint density at radius 2 is 2.03 bits per heavy atom. The minimum absolute atomic E-state index is 0.577. The second-order valence-electron chi connectivity index (χ2n) is 8.04. The predicted molar refractivity (Wildman–Crippen MR) is 129 cm³/mol. The first-order valence-electron chi connectivity index (χ1n) is 11.4. The molecule has 4 aromatic rings. The van der Waals surface area contributed by atoms with Crippen molar-refractivity contribution in [3.05, 3.63) is 60.6 Å². The molecule has 0 spiro atoms. The van der Waals surface area contributed by atoms with E-state index in [0.717, 1.165) is 47.8 Å². The van der Waals surface area contributed by atoms with Crippen molar-refractivity contribution in [2.45, 2.75) is 32.6 Å². The van der Waals surface area contributed by atoms with E-state index in [-0.39, 0.29) is 0 Å². The molecule has 1 aliphatic heterocycles. The number of imidazole rings is 1. The molecule has 7 heteroatoms. The van der Waals surface area contributed by atoms with Crippen LogP contribution < -0.4 is 19.5 Å². The second kappa shape index (κ2) is 9.40. The summed E-state index contributed by atoms with van der Waals surface area (Å²) in [5.74, 6) is 3.04. The molecule has 0 atom stereocenters. The van der Waals surface area contributed by atoms with Crippen molar-refractivity contribution in [1.29, 1.82) is 0 Å². The first-order valence-corrected chi connectivity index (χ1v) is 11.4. The Bertz CT molecular complexity index is 1270. The van der Waals surface area contributed by atoms with Crippen LogP contribution in [-0.4, -0.2) is 34.7 Å². The molecular formula is C26H28N4O3. The maximum atomic E-state index is 5.96. The van der Waals surface area contributed by atoms with E-state index in [1.165, 1.54) is 18.4 Å². The molecule has 5 rings (SSSR count). The second-order valence-corrected chi connectivity index (χ2v) is 8.04. The molecule has 0 amide bonds. The number of aryl methyl sites for hydroxylation is 1. The van der Waals surface area contributed by atoms with E-state index in [4.69, 9.17) is 19.2 Å². The minimum Gasteiger partial charge on any atom is -0.493 e. The molecule has 2 aromatic heterocycles. The Morgan fingerprint density at radius 1 is 1.09 bits per heavy atom. The number of hydrogen-bond acceptors (Lipinski definition) is 6. The Balaban J connectivity index is 1.51. The first-order chi connectivity index (χ1) is 16.2. The van der Waals surface area contributed by atoms with Crippen molar-refractivity contribution in [3.63, 3.8) is 0 Å². The highest BCUT2D eigenvalue weighted by Gasteiger charge is 2.14. The van der Waals surface area contributed by atoms with E-state index in [9.17, 15) is 0 Å². The minimum atomic E-state index is 0.577. The van der Waals surface area contributed by atoms with Crippen molar-refractivity contribution in [1.82, 2.24) is 14.4 Å². The zero-order valence-electron chi connectivity index (χ0n) is 19.0. The number of fused-ring (bicyclic) bond motifs is 2. The Kier molecular flexibility index (Phi) is 6.02. The van der Waals surface area contributed by atoms with Crippen LogP contribution in [0.15, 0.2) is 55.0 Å².